The van der Waals surface area contributed by atoms with Crippen LogP contribution in [0.4, 0.5) is 5.82 Å². The van der Waals surface area contributed by atoms with Crippen molar-refractivity contribution in [1.29, 1.82) is 0 Å². The smallest absolute Gasteiger partial charge is 0.155 e. The van der Waals surface area contributed by atoms with Crippen molar-refractivity contribution in [1.82, 2.24) is 14.8 Å². The highest BCUT2D eigenvalue weighted by Gasteiger charge is 2.39. The van der Waals surface area contributed by atoms with Crippen LogP contribution in [-0.2, 0) is 0 Å². The predicted octanol–water partition coefficient (Wildman–Crippen LogP) is 3.12. The molecule has 0 saturated heterocycles. The molecule has 1 aliphatic carbocycles. The molecule has 1 aliphatic rings. The zero-order chi connectivity index (χ0) is 14.2. The average Bonchev–Trinajstić information content (AvgIpc) is 3.23. The van der Waals surface area contributed by atoms with Crippen molar-refractivity contribution < 1.29 is 0 Å². The molecule has 1 aromatic carbocycles. The van der Waals surface area contributed by atoms with Gasteiger partial charge in [0, 0.05) is 12.3 Å². The maximum Gasteiger partial charge on any atom is 0.155 e. The summed E-state index contributed by atoms with van der Waals surface area (Å²) in [5.41, 5.74) is 8.55. The maximum atomic E-state index is 5.84. The lowest BCUT2D eigenvalue weighted by Gasteiger charge is -2.05. The predicted molar refractivity (Wildman–Crippen MR) is 82.3 cm³/mol. The van der Waals surface area contributed by atoms with Crippen LogP contribution in [0, 0.1) is 0 Å². The minimum atomic E-state index is 0.587. The third kappa shape index (κ3) is 2.18. The highest BCUT2D eigenvalue weighted by Crippen LogP contribution is 2.54. The van der Waals surface area contributed by atoms with E-state index in [1.807, 2.05) is 12.3 Å². The fraction of sp³-hybridized carbons (Fsp3) is 0.176. The third-order valence-electron chi connectivity index (χ3n) is 4.11. The van der Waals surface area contributed by atoms with E-state index in [1.54, 1.807) is 16.9 Å². The van der Waals surface area contributed by atoms with E-state index in [0.717, 1.165) is 5.82 Å². The fourth-order valence-electron chi connectivity index (χ4n) is 2.88. The first kappa shape index (κ1) is 12.1. The molecule has 2 aromatic heterocycles. The highest BCUT2D eigenvalue weighted by molar-refractivity contribution is 5.40. The number of nitrogens with zero attached hydrogens (tertiary/aromatic N) is 3. The average molecular weight is 276 g/mol. The summed E-state index contributed by atoms with van der Waals surface area (Å²) >= 11 is 0. The van der Waals surface area contributed by atoms with Gasteiger partial charge in [0.1, 0.15) is 5.82 Å². The van der Waals surface area contributed by atoms with E-state index >= 15 is 0 Å². The molecule has 4 nitrogen and oxygen atoms in total. The van der Waals surface area contributed by atoms with Gasteiger partial charge < -0.3 is 5.73 Å². The van der Waals surface area contributed by atoms with Crippen molar-refractivity contribution in [2.24, 2.45) is 0 Å². The summed E-state index contributed by atoms with van der Waals surface area (Å²) < 4.78 is 1.64. The summed E-state index contributed by atoms with van der Waals surface area (Å²) in [6.07, 6.45) is 4.83. The number of hydrogen-bond donors (Lipinski definition) is 1. The summed E-state index contributed by atoms with van der Waals surface area (Å²) in [5, 5.41) is 4.17. The number of pyridine rings is 1. The van der Waals surface area contributed by atoms with Crippen molar-refractivity contribution in [3.63, 3.8) is 0 Å². The number of anilines is 1. The molecule has 1 fully saturated rings. The first-order valence-electron chi connectivity index (χ1n) is 7.14. The van der Waals surface area contributed by atoms with Crippen LogP contribution in [0.1, 0.15) is 29.4 Å². The molecule has 2 atom stereocenters. The fourth-order valence-corrected chi connectivity index (χ4v) is 2.88. The molecule has 3 aromatic rings. The number of nitrogen functional groups attached to an aromatic ring is 1. The molecule has 4 heteroatoms. The molecule has 2 heterocycles. The van der Waals surface area contributed by atoms with Crippen LogP contribution < -0.4 is 5.73 Å². The summed E-state index contributed by atoms with van der Waals surface area (Å²) in [6, 6.07) is 16.6. The first-order valence-corrected chi connectivity index (χ1v) is 7.14. The molecule has 4 rings (SSSR count). The Morgan fingerprint density at radius 3 is 2.43 bits per heavy atom. The molecular weight excluding hydrogens is 260 g/mol. The topological polar surface area (TPSA) is 56.7 Å². The van der Waals surface area contributed by atoms with Crippen LogP contribution >= 0.6 is 0 Å². The zero-order valence-electron chi connectivity index (χ0n) is 11.6. The summed E-state index contributed by atoms with van der Waals surface area (Å²) in [4.78, 5) is 4.49. The second-order valence-electron chi connectivity index (χ2n) is 5.48. The largest absolute Gasteiger partial charge is 0.384 e. The van der Waals surface area contributed by atoms with Gasteiger partial charge in [-0.25, -0.2) is 4.98 Å². The quantitative estimate of drug-likeness (QED) is 0.799. The molecule has 0 unspecified atom stereocenters. The van der Waals surface area contributed by atoms with Gasteiger partial charge in [0.25, 0.3) is 0 Å². The van der Waals surface area contributed by atoms with Gasteiger partial charge in [-0.15, -0.1) is 0 Å². The van der Waals surface area contributed by atoms with Gasteiger partial charge in [0.2, 0.25) is 0 Å². The second-order valence-corrected chi connectivity index (χ2v) is 5.48. The molecule has 0 spiro atoms. The Morgan fingerprint density at radius 1 is 0.952 bits per heavy atom. The first-order chi connectivity index (χ1) is 10.3. The van der Waals surface area contributed by atoms with Crippen molar-refractivity contribution in [2.75, 3.05) is 5.73 Å². The number of aromatic nitrogens is 3. The Kier molecular flexibility index (Phi) is 2.74. The standard InChI is InChI=1S/C17H16N4/c18-16-8-9-20-21(16)17-7-6-13(11-19-17)15-10-14(15)12-4-2-1-3-5-12/h1-9,11,14-15H,10,18H2/t14-,15-/m0/s1. The molecule has 0 radical (unpaired) electrons. The van der Waals surface area contributed by atoms with E-state index in [0.29, 0.717) is 17.7 Å². The van der Waals surface area contributed by atoms with Crippen LogP contribution in [0.25, 0.3) is 5.82 Å². The van der Waals surface area contributed by atoms with Crippen molar-refractivity contribution in [3.05, 3.63) is 72.1 Å². The van der Waals surface area contributed by atoms with E-state index < -0.39 is 0 Å². The summed E-state index contributed by atoms with van der Waals surface area (Å²) in [6.45, 7) is 0. The van der Waals surface area contributed by atoms with Gasteiger partial charge >= 0.3 is 0 Å². The SMILES string of the molecule is Nc1ccnn1-c1ccc([C@@H]2C[C@H]2c2ccccc2)cn1. The van der Waals surface area contributed by atoms with E-state index in [4.69, 9.17) is 5.73 Å². The molecule has 1 saturated carbocycles. The lowest BCUT2D eigenvalue weighted by Crippen LogP contribution is -2.03. The second kappa shape index (κ2) is 4.74. The minimum Gasteiger partial charge on any atom is -0.384 e. The Hall–Kier alpha value is -2.62. The van der Waals surface area contributed by atoms with Gasteiger partial charge in [0.05, 0.1) is 6.20 Å². The number of rotatable bonds is 3. The molecule has 21 heavy (non-hydrogen) atoms. The van der Waals surface area contributed by atoms with Crippen LogP contribution in [0.5, 0.6) is 0 Å². The highest BCUT2D eigenvalue weighted by atomic mass is 15.3. The van der Waals surface area contributed by atoms with Crippen LogP contribution in [-0.4, -0.2) is 14.8 Å². The zero-order valence-corrected chi connectivity index (χ0v) is 11.6. The van der Waals surface area contributed by atoms with Crippen molar-refractivity contribution in [3.8, 4) is 5.82 Å². The Balaban J connectivity index is 1.55. The summed E-state index contributed by atoms with van der Waals surface area (Å²) in [7, 11) is 0. The van der Waals surface area contributed by atoms with Crippen molar-refractivity contribution >= 4 is 5.82 Å². The van der Waals surface area contributed by atoms with Gasteiger partial charge in [-0.2, -0.15) is 9.78 Å². The van der Waals surface area contributed by atoms with E-state index in [-0.39, 0.29) is 0 Å². The normalized spacial score (nSPS) is 20.4. The van der Waals surface area contributed by atoms with Gasteiger partial charge in [-0.05, 0) is 35.4 Å². The molecule has 0 bridgehead atoms. The lowest BCUT2D eigenvalue weighted by atomic mass is 10.1. The van der Waals surface area contributed by atoms with E-state index in [9.17, 15) is 0 Å². The monoisotopic (exact) mass is 276 g/mol. The molecule has 2 N–H and O–H groups in total. The number of benzene rings is 1. The lowest BCUT2D eigenvalue weighted by molar-refractivity contribution is 0.851. The number of hydrogen-bond acceptors (Lipinski definition) is 3. The van der Waals surface area contributed by atoms with Crippen molar-refractivity contribution in [2.45, 2.75) is 18.3 Å². The summed E-state index contributed by atoms with van der Waals surface area (Å²) in [5.74, 6) is 2.58. The number of nitrogens with two attached hydrogens (primary N) is 1. The van der Waals surface area contributed by atoms with Crippen LogP contribution in [0.15, 0.2) is 60.9 Å². The Labute approximate surface area is 123 Å². The van der Waals surface area contributed by atoms with Crippen LogP contribution in [0.3, 0.4) is 0 Å². The molecule has 0 aliphatic heterocycles. The minimum absolute atomic E-state index is 0.587. The molecule has 0 amide bonds. The van der Waals surface area contributed by atoms with E-state index in [2.05, 4.69) is 46.5 Å². The molecule has 104 valence electrons. The molecular formula is C17H16N4. The third-order valence-corrected chi connectivity index (χ3v) is 4.11. The Morgan fingerprint density at radius 2 is 1.76 bits per heavy atom. The van der Waals surface area contributed by atoms with Gasteiger partial charge in [-0.3, -0.25) is 0 Å². The van der Waals surface area contributed by atoms with Gasteiger partial charge in [0.15, 0.2) is 5.82 Å². The van der Waals surface area contributed by atoms with Gasteiger partial charge in [-0.1, -0.05) is 36.4 Å². The maximum absolute atomic E-state index is 5.84. The Bertz CT molecular complexity index is 746. The van der Waals surface area contributed by atoms with E-state index in [1.165, 1.54) is 17.5 Å². The van der Waals surface area contributed by atoms with Crippen LogP contribution in [0.2, 0.25) is 0 Å².